The van der Waals surface area contributed by atoms with Crippen molar-refractivity contribution in [2.75, 3.05) is 32.8 Å². The number of aromatic nitrogens is 3. The van der Waals surface area contributed by atoms with Gasteiger partial charge in [-0.15, -0.1) is 0 Å². The van der Waals surface area contributed by atoms with E-state index in [4.69, 9.17) is 26.2 Å². The third kappa shape index (κ3) is 10.3. The molecule has 11 nitrogen and oxygen atoms in total. The Hall–Kier alpha value is -5.61. The molecule has 2 aromatic heterocycles. The van der Waals surface area contributed by atoms with E-state index in [2.05, 4.69) is 39.3 Å². The van der Waals surface area contributed by atoms with Crippen LogP contribution in [0.2, 0.25) is 5.02 Å². The summed E-state index contributed by atoms with van der Waals surface area (Å²) in [4.78, 5) is 22.5. The van der Waals surface area contributed by atoms with Crippen molar-refractivity contribution in [3.8, 4) is 39.8 Å². The number of halogens is 1. The van der Waals surface area contributed by atoms with Crippen LogP contribution in [-0.2, 0) is 19.8 Å². The molecule has 0 aliphatic rings. The molecule has 0 unspecified atom stereocenters. The second-order valence-corrected chi connectivity index (χ2v) is 13.3. The van der Waals surface area contributed by atoms with Crippen molar-refractivity contribution in [2.45, 2.75) is 40.5 Å². The maximum absolute atomic E-state index is 13.8. The number of aryl methyl sites for hydroxylation is 1. The Labute approximate surface area is 326 Å². The van der Waals surface area contributed by atoms with E-state index in [1.54, 1.807) is 49.8 Å². The van der Waals surface area contributed by atoms with Gasteiger partial charge < -0.3 is 30.3 Å². The molecular weight excluding hydrogens is 716 g/mol. The van der Waals surface area contributed by atoms with Gasteiger partial charge in [-0.1, -0.05) is 54.6 Å². The number of ether oxygens (including phenoxy) is 2. The van der Waals surface area contributed by atoms with Crippen LogP contribution < -0.4 is 25.7 Å². The lowest BCUT2D eigenvalue weighted by Crippen LogP contribution is -2.22. The third-order valence-corrected chi connectivity index (χ3v) is 9.35. The Morgan fingerprint density at radius 1 is 0.891 bits per heavy atom. The summed E-state index contributed by atoms with van der Waals surface area (Å²) in [5.74, 6) is 1.54. The molecule has 12 heteroatoms. The summed E-state index contributed by atoms with van der Waals surface area (Å²) in [5, 5.41) is 34.2. The van der Waals surface area contributed by atoms with Crippen molar-refractivity contribution < 1.29 is 19.7 Å². The first kappa shape index (κ1) is 40.6. The second kappa shape index (κ2) is 19.6. The van der Waals surface area contributed by atoms with Gasteiger partial charge in [0, 0.05) is 68.2 Å². The zero-order valence-corrected chi connectivity index (χ0v) is 32.0. The van der Waals surface area contributed by atoms with Gasteiger partial charge in [0.15, 0.2) is 0 Å². The van der Waals surface area contributed by atoms with Crippen molar-refractivity contribution in [1.29, 1.82) is 5.26 Å². The Kier molecular flexibility index (Phi) is 14.5. The average Bonchev–Trinajstić information content (AvgIpc) is 3.18. The number of aliphatic hydroxyl groups is 2. The van der Waals surface area contributed by atoms with E-state index in [0.29, 0.717) is 59.7 Å². The van der Waals surface area contributed by atoms with Gasteiger partial charge >= 0.3 is 0 Å². The fourth-order valence-corrected chi connectivity index (χ4v) is 6.28. The summed E-state index contributed by atoms with van der Waals surface area (Å²) < 4.78 is 14.0. The highest BCUT2D eigenvalue weighted by Gasteiger charge is 2.17. The standard InChI is InChI=1S/C43H45ClN6O5/c1-28(21-46-12-15-51)11-14-50-31(4)49-25-39(43(50)53)38-10-6-9-37(30(38)3)36-8-5-7-34(29(36)2)27-55-42-19-41(35(18-40(42)44)24-47-13-16-52)54-26-33-17-32(20-45)22-48-23-33/h5-11,14,17-19,22-23,25,46-47,51-52H,1,12-13,15-16,21,24,26-27H2,2-4H3/b14-11-. The van der Waals surface area contributed by atoms with E-state index in [-0.39, 0.29) is 32.0 Å². The quantitative estimate of drug-likeness (QED) is 0.0594. The van der Waals surface area contributed by atoms with Gasteiger partial charge in [-0.2, -0.15) is 5.26 Å². The van der Waals surface area contributed by atoms with Crippen molar-refractivity contribution in [2.24, 2.45) is 0 Å². The fraction of sp³-hybridized carbons (Fsp3) is 0.256. The molecule has 5 aromatic rings. The van der Waals surface area contributed by atoms with Crippen LogP contribution in [0.3, 0.4) is 0 Å². The largest absolute Gasteiger partial charge is 0.488 e. The van der Waals surface area contributed by atoms with Crippen LogP contribution in [-0.4, -0.2) is 57.6 Å². The summed E-state index contributed by atoms with van der Waals surface area (Å²) in [5.41, 5.74) is 8.68. The number of rotatable bonds is 18. The zero-order valence-electron chi connectivity index (χ0n) is 31.2. The van der Waals surface area contributed by atoms with Crippen molar-refractivity contribution in [1.82, 2.24) is 25.2 Å². The van der Waals surface area contributed by atoms with Gasteiger partial charge in [-0.25, -0.2) is 4.98 Å². The minimum Gasteiger partial charge on any atom is -0.488 e. The molecular formula is C43H45ClN6O5. The van der Waals surface area contributed by atoms with Crippen LogP contribution in [0.4, 0.5) is 0 Å². The van der Waals surface area contributed by atoms with E-state index >= 15 is 0 Å². The Bertz CT molecular complexity index is 2280. The van der Waals surface area contributed by atoms with Crippen molar-refractivity contribution in [3.63, 3.8) is 0 Å². The maximum atomic E-state index is 13.8. The highest BCUT2D eigenvalue weighted by Crippen LogP contribution is 2.36. The van der Waals surface area contributed by atoms with Crippen LogP contribution in [0.5, 0.6) is 11.5 Å². The number of hydrogen-bond donors (Lipinski definition) is 4. The molecule has 0 amide bonds. The number of pyridine rings is 1. The molecule has 0 fully saturated rings. The van der Waals surface area contributed by atoms with E-state index in [9.17, 15) is 15.2 Å². The minimum absolute atomic E-state index is 0.0107. The number of nitriles is 1. The summed E-state index contributed by atoms with van der Waals surface area (Å²) in [6.07, 6.45) is 8.22. The minimum atomic E-state index is -0.193. The Morgan fingerprint density at radius 3 is 2.33 bits per heavy atom. The van der Waals surface area contributed by atoms with Gasteiger partial charge in [-0.05, 0) is 77.9 Å². The van der Waals surface area contributed by atoms with E-state index in [1.165, 1.54) is 10.8 Å². The molecule has 0 atom stereocenters. The van der Waals surface area contributed by atoms with E-state index < -0.39 is 0 Å². The number of aliphatic hydroxyl groups excluding tert-OH is 2. The summed E-state index contributed by atoms with van der Waals surface area (Å²) in [7, 11) is 0. The summed E-state index contributed by atoms with van der Waals surface area (Å²) in [6.45, 7) is 12.0. The monoisotopic (exact) mass is 760 g/mol. The fourth-order valence-electron chi connectivity index (χ4n) is 6.04. The van der Waals surface area contributed by atoms with Crippen LogP contribution >= 0.6 is 11.6 Å². The molecule has 0 aliphatic carbocycles. The molecule has 284 valence electrons. The van der Waals surface area contributed by atoms with Crippen LogP contribution in [0, 0.1) is 32.1 Å². The molecule has 0 saturated carbocycles. The van der Waals surface area contributed by atoms with Crippen molar-refractivity contribution in [3.05, 3.63) is 146 Å². The molecule has 0 radical (unpaired) electrons. The van der Waals surface area contributed by atoms with Gasteiger partial charge in [0.25, 0.3) is 5.56 Å². The van der Waals surface area contributed by atoms with Gasteiger partial charge in [0.1, 0.15) is 36.6 Å². The normalized spacial score (nSPS) is 11.1. The molecule has 5 rings (SSSR count). The number of hydrogen-bond acceptors (Lipinski definition) is 10. The lowest BCUT2D eigenvalue weighted by Gasteiger charge is -2.18. The number of benzene rings is 3. The SMILES string of the molecule is C=C(/C=C\n1c(C)ncc(-c2cccc(-c3cccc(COc4cc(OCc5cncc(C#N)c5)c(CNCCO)cc4Cl)c3C)c2C)c1=O)CNCCO. The lowest BCUT2D eigenvalue weighted by molar-refractivity contribution is 0.282. The van der Waals surface area contributed by atoms with Gasteiger partial charge in [-0.3, -0.25) is 14.3 Å². The molecule has 3 aromatic carbocycles. The van der Waals surface area contributed by atoms with Crippen LogP contribution in [0.1, 0.15) is 39.2 Å². The highest BCUT2D eigenvalue weighted by molar-refractivity contribution is 6.32. The first-order valence-electron chi connectivity index (χ1n) is 17.8. The Balaban J connectivity index is 1.39. The van der Waals surface area contributed by atoms with Gasteiger partial charge in [0.2, 0.25) is 0 Å². The van der Waals surface area contributed by atoms with Crippen LogP contribution in [0.15, 0.2) is 96.2 Å². The average molecular weight is 761 g/mol. The third-order valence-electron chi connectivity index (χ3n) is 9.06. The number of nitrogens with one attached hydrogen (secondary N) is 2. The molecule has 2 heterocycles. The predicted molar refractivity (Wildman–Crippen MR) is 216 cm³/mol. The smallest absolute Gasteiger partial charge is 0.265 e. The lowest BCUT2D eigenvalue weighted by atomic mass is 9.90. The highest BCUT2D eigenvalue weighted by atomic mass is 35.5. The Morgan fingerprint density at radius 2 is 1.58 bits per heavy atom. The van der Waals surface area contributed by atoms with Crippen molar-refractivity contribution >= 4 is 17.8 Å². The second-order valence-electron chi connectivity index (χ2n) is 12.9. The molecule has 0 bridgehead atoms. The topological polar surface area (TPSA) is 155 Å². The maximum Gasteiger partial charge on any atom is 0.265 e. The van der Waals surface area contributed by atoms with Crippen LogP contribution in [0.25, 0.3) is 28.5 Å². The van der Waals surface area contributed by atoms with E-state index in [0.717, 1.165) is 50.1 Å². The molecule has 4 N–H and O–H groups in total. The molecule has 0 spiro atoms. The zero-order chi connectivity index (χ0) is 39.3. The molecule has 55 heavy (non-hydrogen) atoms. The van der Waals surface area contributed by atoms with E-state index in [1.807, 2.05) is 44.2 Å². The van der Waals surface area contributed by atoms with Gasteiger partial charge in [0.05, 0.1) is 29.4 Å². The number of nitrogens with zero attached hydrogens (tertiary/aromatic N) is 4. The first-order valence-corrected chi connectivity index (χ1v) is 18.2. The predicted octanol–water partition coefficient (Wildman–Crippen LogP) is 6.27. The molecule has 0 saturated heterocycles. The summed E-state index contributed by atoms with van der Waals surface area (Å²) >= 11 is 6.74. The first-order chi connectivity index (χ1) is 26.6. The summed E-state index contributed by atoms with van der Waals surface area (Å²) in [6, 6.07) is 19.3. The molecule has 0 aliphatic heterocycles.